The van der Waals surface area contributed by atoms with Gasteiger partial charge in [-0.15, -0.1) is 0 Å². The molecular formula is C24H27N3O6. The molecule has 2 aliphatic rings. The van der Waals surface area contributed by atoms with Gasteiger partial charge in [0.15, 0.2) is 5.54 Å². The topological polar surface area (TPSA) is 106 Å². The molecule has 2 saturated heterocycles. The monoisotopic (exact) mass is 453 g/mol. The first kappa shape index (κ1) is 22.6. The molecule has 0 radical (unpaired) electrons. The van der Waals surface area contributed by atoms with E-state index in [1.165, 1.54) is 0 Å². The zero-order valence-corrected chi connectivity index (χ0v) is 18.6. The van der Waals surface area contributed by atoms with Crippen molar-refractivity contribution in [3.05, 3.63) is 59.7 Å². The maximum atomic E-state index is 13.7. The average molecular weight is 453 g/mol. The van der Waals surface area contributed by atoms with Crippen molar-refractivity contribution >= 4 is 17.8 Å². The number of methoxy groups -OCH3 is 2. The molecule has 0 aliphatic carbocycles. The van der Waals surface area contributed by atoms with E-state index in [4.69, 9.17) is 14.2 Å². The van der Waals surface area contributed by atoms with Crippen molar-refractivity contribution in [1.82, 2.24) is 15.5 Å². The molecular weight excluding hydrogens is 426 g/mol. The largest absolute Gasteiger partial charge is 0.497 e. The standard InChI is InChI=1S/C24H27N3O6/c1-31-18-9-5-16(6-10-18)24(17-7-11-19(32-2)12-8-17)22(29)27(23(30)26-24)15-21(28)25-14-20-4-3-13-33-20/h5-12,20H,3-4,13-15H2,1-2H3,(H,25,28)(H,26,30)/t20-/m0/s1. The Bertz CT molecular complexity index is 968. The van der Waals surface area contributed by atoms with Crippen LogP contribution < -0.4 is 20.1 Å². The van der Waals surface area contributed by atoms with E-state index in [0.717, 1.165) is 17.7 Å². The molecule has 2 aromatic rings. The molecule has 33 heavy (non-hydrogen) atoms. The van der Waals surface area contributed by atoms with Gasteiger partial charge in [0.25, 0.3) is 5.91 Å². The summed E-state index contributed by atoms with van der Waals surface area (Å²) in [7, 11) is 3.10. The van der Waals surface area contributed by atoms with Crippen LogP contribution in [0.4, 0.5) is 4.79 Å². The summed E-state index contributed by atoms with van der Waals surface area (Å²) >= 11 is 0. The van der Waals surface area contributed by atoms with Crippen LogP contribution >= 0.6 is 0 Å². The Morgan fingerprint density at radius 2 is 1.64 bits per heavy atom. The number of benzene rings is 2. The van der Waals surface area contributed by atoms with Gasteiger partial charge in [-0.2, -0.15) is 0 Å². The second kappa shape index (κ2) is 9.50. The molecule has 2 aromatic carbocycles. The molecule has 9 heteroatoms. The molecule has 2 aliphatic heterocycles. The second-order valence-electron chi connectivity index (χ2n) is 7.97. The van der Waals surface area contributed by atoms with Gasteiger partial charge in [0.1, 0.15) is 18.0 Å². The Morgan fingerprint density at radius 3 is 2.12 bits per heavy atom. The van der Waals surface area contributed by atoms with E-state index >= 15 is 0 Å². The number of ether oxygens (including phenoxy) is 3. The Hall–Kier alpha value is -3.59. The number of hydrogen-bond donors (Lipinski definition) is 2. The summed E-state index contributed by atoms with van der Waals surface area (Å²) < 4.78 is 16.0. The molecule has 0 unspecified atom stereocenters. The van der Waals surface area contributed by atoms with Gasteiger partial charge in [-0.05, 0) is 48.2 Å². The fraction of sp³-hybridized carbons (Fsp3) is 0.375. The number of imide groups is 1. The molecule has 1 atom stereocenters. The van der Waals surface area contributed by atoms with Gasteiger partial charge in [0, 0.05) is 13.2 Å². The van der Waals surface area contributed by atoms with Crippen molar-refractivity contribution in [3.63, 3.8) is 0 Å². The lowest BCUT2D eigenvalue weighted by Crippen LogP contribution is -2.46. The summed E-state index contributed by atoms with van der Waals surface area (Å²) in [5.74, 6) is 0.279. The number of amides is 4. The Morgan fingerprint density at radius 1 is 1.06 bits per heavy atom. The molecule has 2 heterocycles. The fourth-order valence-corrected chi connectivity index (χ4v) is 4.19. The Labute approximate surface area is 192 Å². The van der Waals surface area contributed by atoms with E-state index in [1.54, 1.807) is 62.8 Å². The van der Waals surface area contributed by atoms with E-state index in [-0.39, 0.29) is 12.6 Å². The molecule has 9 nitrogen and oxygen atoms in total. The van der Waals surface area contributed by atoms with Crippen LogP contribution in [0.1, 0.15) is 24.0 Å². The molecule has 0 saturated carbocycles. The Kier molecular flexibility index (Phi) is 6.50. The lowest BCUT2D eigenvalue weighted by atomic mass is 9.82. The highest BCUT2D eigenvalue weighted by Gasteiger charge is 2.54. The van der Waals surface area contributed by atoms with Gasteiger partial charge in [-0.25, -0.2) is 4.79 Å². The van der Waals surface area contributed by atoms with E-state index in [9.17, 15) is 14.4 Å². The quantitative estimate of drug-likeness (QED) is 0.591. The van der Waals surface area contributed by atoms with Crippen LogP contribution in [0.15, 0.2) is 48.5 Å². The molecule has 2 fully saturated rings. The number of rotatable bonds is 8. The average Bonchev–Trinajstić information content (AvgIpc) is 3.46. The minimum absolute atomic E-state index is 0.0326. The number of carbonyl (C=O) groups excluding carboxylic acids is 3. The van der Waals surface area contributed by atoms with E-state index in [2.05, 4.69) is 10.6 Å². The highest BCUT2D eigenvalue weighted by atomic mass is 16.5. The van der Waals surface area contributed by atoms with E-state index in [1.807, 2.05) is 0 Å². The fourth-order valence-electron chi connectivity index (χ4n) is 4.19. The van der Waals surface area contributed by atoms with E-state index < -0.39 is 23.4 Å². The molecule has 2 N–H and O–H groups in total. The zero-order valence-electron chi connectivity index (χ0n) is 18.6. The minimum atomic E-state index is -1.48. The summed E-state index contributed by atoms with van der Waals surface area (Å²) in [4.78, 5) is 40.1. The van der Waals surface area contributed by atoms with Gasteiger partial charge in [0.2, 0.25) is 5.91 Å². The van der Waals surface area contributed by atoms with Crippen LogP contribution in [0.25, 0.3) is 0 Å². The van der Waals surface area contributed by atoms with Crippen LogP contribution in [0.5, 0.6) is 11.5 Å². The van der Waals surface area contributed by atoms with Crippen molar-refractivity contribution in [1.29, 1.82) is 0 Å². The number of carbonyl (C=O) groups is 3. The van der Waals surface area contributed by atoms with Crippen molar-refractivity contribution in [2.45, 2.75) is 24.5 Å². The highest BCUT2D eigenvalue weighted by molar-refractivity contribution is 6.11. The van der Waals surface area contributed by atoms with Crippen LogP contribution in [0, 0.1) is 0 Å². The van der Waals surface area contributed by atoms with Gasteiger partial charge >= 0.3 is 6.03 Å². The lowest BCUT2D eigenvalue weighted by molar-refractivity contribution is -0.134. The predicted octanol–water partition coefficient (Wildman–Crippen LogP) is 1.79. The van der Waals surface area contributed by atoms with Gasteiger partial charge < -0.3 is 24.8 Å². The van der Waals surface area contributed by atoms with Crippen LogP contribution in [0.2, 0.25) is 0 Å². The zero-order chi connectivity index (χ0) is 23.4. The molecule has 4 rings (SSSR count). The summed E-state index contributed by atoms with van der Waals surface area (Å²) in [6.07, 6.45) is 1.80. The maximum absolute atomic E-state index is 13.7. The maximum Gasteiger partial charge on any atom is 0.326 e. The minimum Gasteiger partial charge on any atom is -0.497 e. The third-order valence-corrected chi connectivity index (χ3v) is 6.00. The SMILES string of the molecule is COc1ccc(C2(c3ccc(OC)cc3)NC(=O)N(CC(=O)NC[C@@H]3CCCO3)C2=O)cc1. The number of nitrogens with one attached hydrogen (secondary N) is 2. The van der Waals surface area contributed by atoms with Crippen molar-refractivity contribution in [2.75, 3.05) is 33.9 Å². The Balaban J connectivity index is 1.62. The number of urea groups is 1. The molecule has 4 amide bonds. The van der Waals surface area contributed by atoms with Gasteiger partial charge in [0.05, 0.1) is 20.3 Å². The van der Waals surface area contributed by atoms with Crippen LogP contribution in [-0.2, 0) is 19.9 Å². The number of hydrogen-bond acceptors (Lipinski definition) is 6. The van der Waals surface area contributed by atoms with Crippen molar-refractivity contribution in [3.8, 4) is 11.5 Å². The normalized spacial score (nSPS) is 19.3. The molecule has 174 valence electrons. The van der Waals surface area contributed by atoms with E-state index in [0.29, 0.717) is 35.8 Å². The first-order valence-electron chi connectivity index (χ1n) is 10.8. The lowest BCUT2D eigenvalue weighted by Gasteiger charge is -2.28. The summed E-state index contributed by atoms with van der Waals surface area (Å²) in [6, 6.07) is 13.1. The second-order valence-corrected chi connectivity index (χ2v) is 7.97. The first-order valence-corrected chi connectivity index (χ1v) is 10.8. The summed E-state index contributed by atoms with van der Waals surface area (Å²) in [5.41, 5.74) is -0.382. The summed E-state index contributed by atoms with van der Waals surface area (Å²) in [6.45, 7) is 0.649. The van der Waals surface area contributed by atoms with Gasteiger partial charge in [-0.3, -0.25) is 14.5 Å². The number of nitrogens with zero attached hydrogens (tertiary/aromatic N) is 1. The third kappa shape index (κ3) is 4.36. The van der Waals surface area contributed by atoms with Crippen LogP contribution in [0.3, 0.4) is 0 Å². The third-order valence-electron chi connectivity index (χ3n) is 6.00. The highest BCUT2D eigenvalue weighted by Crippen LogP contribution is 2.37. The first-order chi connectivity index (χ1) is 16.0. The molecule has 0 bridgehead atoms. The van der Waals surface area contributed by atoms with Gasteiger partial charge in [-0.1, -0.05) is 24.3 Å². The van der Waals surface area contributed by atoms with Crippen LogP contribution in [-0.4, -0.2) is 62.8 Å². The predicted molar refractivity (Wildman–Crippen MR) is 119 cm³/mol. The summed E-state index contributed by atoms with van der Waals surface area (Å²) in [5, 5.41) is 5.59. The van der Waals surface area contributed by atoms with Crippen molar-refractivity contribution in [2.24, 2.45) is 0 Å². The molecule has 0 spiro atoms. The van der Waals surface area contributed by atoms with Crippen molar-refractivity contribution < 1.29 is 28.6 Å². The molecule has 0 aromatic heterocycles. The smallest absolute Gasteiger partial charge is 0.326 e.